The van der Waals surface area contributed by atoms with Crippen molar-refractivity contribution in [2.45, 2.75) is 18.9 Å². The SMILES string of the molecule is CN1CC2CC=C(c3cccnc3)C1C2.Cl.Cl. The van der Waals surface area contributed by atoms with Crippen molar-refractivity contribution in [3.63, 3.8) is 0 Å². The van der Waals surface area contributed by atoms with Crippen molar-refractivity contribution in [2.75, 3.05) is 13.6 Å². The highest BCUT2D eigenvalue weighted by Gasteiger charge is 2.34. The second-order valence-electron chi connectivity index (χ2n) is 4.69. The van der Waals surface area contributed by atoms with Crippen LogP contribution in [0, 0.1) is 5.92 Å². The number of fused-ring (bicyclic) bond motifs is 2. The second kappa shape index (κ2) is 5.85. The molecule has 0 radical (unpaired) electrons. The van der Waals surface area contributed by atoms with Crippen LogP contribution in [0.1, 0.15) is 18.4 Å². The molecule has 1 aromatic rings. The summed E-state index contributed by atoms with van der Waals surface area (Å²) in [5.74, 6) is 0.889. The van der Waals surface area contributed by atoms with Crippen LogP contribution < -0.4 is 0 Å². The molecule has 3 rings (SSSR count). The maximum absolute atomic E-state index is 4.21. The van der Waals surface area contributed by atoms with Crippen molar-refractivity contribution in [1.29, 1.82) is 0 Å². The number of hydrogen-bond acceptors (Lipinski definition) is 2. The molecule has 1 fully saturated rings. The Balaban J connectivity index is 0.000000722. The number of halogens is 2. The van der Waals surface area contributed by atoms with E-state index in [4.69, 9.17) is 0 Å². The highest BCUT2D eigenvalue weighted by Crippen LogP contribution is 2.38. The Morgan fingerprint density at radius 2 is 2.18 bits per heavy atom. The van der Waals surface area contributed by atoms with E-state index in [-0.39, 0.29) is 24.8 Å². The maximum atomic E-state index is 4.21. The van der Waals surface area contributed by atoms with E-state index < -0.39 is 0 Å². The van der Waals surface area contributed by atoms with Gasteiger partial charge in [0.05, 0.1) is 0 Å². The molecular weight excluding hydrogens is 255 g/mol. The summed E-state index contributed by atoms with van der Waals surface area (Å²) in [6.07, 6.45) is 8.81. The lowest BCUT2D eigenvalue weighted by Crippen LogP contribution is -2.25. The Labute approximate surface area is 115 Å². The zero-order valence-corrected chi connectivity index (χ0v) is 11.5. The van der Waals surface area contributed by atoms with Crippen molar-refractivity contribution in [3.05, 3.63) is 36.2 Å². The number of allylic oxidation sites excluding steroid dienone is 1. The standard InChI is InChI=1S/C13H16N2.2ClH/c1-15-9-10-4-5-12(13(15)7-10)11-3-2-6-14-8-11;;/h2-3,5-6,8,10,13H,4,7,9H2,1H3;2*1H. The molecule has 0 aromatic carbocycles. The first-order valence-corrected chi connectivity index (χ1v) is 5.65. The van der Waals surface area contributed by atoms with Crippen molar-refractivity contribution >= 4 is 30.4 Å². The fourth-order valence-corrected chi connectivity index (χ4v) is 2.91. The molecule has 0 amide bonds. The molecule has 1 aliphatic heterocycles. The van der Waals surface area contributed by atoms with Crippen molar-refractivity contribution in [1.82, 2.24) is 9.88 Å². The second-order valence-corrected chi connectivity index (χ2v) is 4.69. The maximum Gasteiger partial charge on any atom is 0.0351 e. The van der Waals surface area contributed by atoms with Crippen LogP contribution in [0.5, 0.6) is 0 Å². The first-order valence-electron chi connectivity index (χ1n) is 5.65. The predicted octanol–water partition coefficient (Wildman–Crippen LogP) is 3.03. The summed E-state index contributed by atoms with van der Waals surface area (Å²) in [4.78, 5) is 6.69. The molecule has 1 aromatic heterocycles. The smallest absolute Gasteiger partial charge is 0.0351 e. The monoisotopic (exact) mass is 272 g/mol. The first kappa shape index (κ1) is 14.5. The summed E-state index contributed by atoms with van der Waals surface area (Å²) in [5.41, 5.74) is 2.79. The molecule has 2 atom stereocenters. The molecule has 2 aliphatic rings. The van der Waals surface area contributed by atoms with Gasteiger partial charge in [-0.1, -0.05) is 12.1 Å². The molecule has 94 valence electrons. The quantitative estimate of drug-likeness (QED) is 0.782. The summed E-state index contributed by atoms with van der Waals surface area (Å²) in [7, 11) is 2.24. The lowest BCUT2D eigenvalue weighted by Gasteiger charge is -2.24. The Kier molecular flexibility index (Phi) is 4.99. The van der Waals surface area contributed by atoms with E-state index in [1.54, 1.807) is 0 Å². The van der Waals surface area contributed by atoms with Gasteiger partial charge < -0.3 is 0 Å². The van der Waals surface area contributed by atoms with E-state index in [1.165, 1.54) is 30.5 Å². The molecule has 2 nitrogen and oxygen atoms in total. The van der Waals surface area contributed by atoms with Crippen LogP contribution >= 0.6 is 24.8 Å². The Morgan fingerprint density at radius 1 is 1.35 bits per heavy atom. The lowest BCUT2D eigenvalue weighted by molar-refractivity contribution is 0.360. The fraction of sp³-hybridized carbons (Fsp3) is 0.462. The summed E-state index contributed by atoms with van der Waals surface area (Å²) in [6, 6.07) is 4.83. The number of likely N-dealkylation sites (N-methyl/N-ethyl adjacent to an activating group) is 1. The molecule has 17 heavy (non-hydrogen) atoms. The number of aromatic nitrogens is 1. The summed E-state index contributed by atoms with van der Waals surface area (Å²) >= 11 is 0. The third-order valence-electron chi connectivity index (χ3n) is 3.66. The van der Waals surface area contributed by atoms with E-state index in [1.807, 2.05) is 18.5 Å². The molecule has 0 spiro atoms. The van der Waals surface area contributed by atoms with Gasteiger partial charge in [0.1, 0.15) is 0 Å². The van der Waals surface area contributed by atoms with Gasteiger partial charge in [0.25, 0.3) is 0 Å². The molecule has 0 N–H and O–H groups in total. The zero-order chi connectivity index (χ0) is 10.3. The van der Waals surface area contributed by atoms with E-state index in [0.717, 1.165) is 5.92 Å². The normalized spacial score (nSPS) is 26.8. The largest absolute Gasteiger partial charge is 0.299 e. The summed E-state index contributed by atoms with van der Waals surface area (Å²) in [5, 5.41) is 0. The third kappa shape index (κ3) is 2.65. The van der Waals surface area contributed by atoms with E-state index in [0.29, 0.717) is 6.04 Å². The Hall–Kier alpha value is -0.570. The summed E-state index contributed by atoms with van der Waals surface area (Å²) in [6.45, 7) is 1.25. The number of rotatable bonds is 1. The topological polar surface area (TPSA) is 16.1 Å². The van der Waals surface area contributed by atoms with Gasteiger partial charge >= 0.3 is 0 Å². The lowest BCUT2D eigenvalue weighted by atomic mass is 9.87. The van der Waals surface area contributed by atoms with E-state index in [9.17, 15) is 0 Å². The van der Waals surface area contributed by atoms with Crippen LogP contribution in [-0.4, -0.2) is 29.5 Å². The number of likely N-dealkylation sites (tertiary alicyclic amines) is 1. The van der Waals surface area contributed by atoms with Crippen LogP contribution in [0.3, 0.4) is 0 Å². The molecule has 1 saturated heterocycles. The molecule has 2 unspecified atom stereocenters. The summed E-state index contributed by atoms with van der Waals surface area (Å²) < 4.78 is 0. The van der Waals surface area contributed by atoms with Gasteiger partial charge in [-0.2, -0.15) is 0 Å². The predicted molar refractivity (Wildman–Crippen MR) is 75.9 cm³/mol. The van der Waals surface area contributed by atoms with Gasteiger partial charge in [0.2, 0.25) is 0 Å². The van der Waals surface area contributed by atoms with Crippen molar-refractivity contribution in [3.8, 4) is 0 Å². The average molecular weight is 273 g/mol. The number of pyridine rings is 1. The molecule has 2 heterocycles. The molecular formula is C13H18Cl2N2. The van der Waals surface area contributed by atoms with Gasteiger partial charge in [-0.25, -0.2) is 0 Å². The van der Waals surface area contributed by atoms with Gasteiger partial charge in [0, 0.05) is 25.0 Å². The number of nitrogens with zero attached hydrogens (tertiary/aromatic N) is 2. The van der Waals surface area contributed by atoms with Crippen LogP contribution in [0.2, 0.25) is 0 Å². The van der Waals surface area contributed by atoms with E-state index >= 15 is 0 Å². The van der Waals surface area contributed by atoms with Crippen LogP contribution in [0.4, 0.5) is 0 Å². The molecule has 1 aliphatic carbocycles. The average Bonchev–Trinajstić information content (AvgIpc) is 2.57. The van der Waals surface area contributed by atoms with E-state index in [2.05, 4.69) is 29.1 Å². The van der Waals surface area contributed by atoms with Crippen LogP contribution in [0.15, 0.2) is 30.6 Å². The number of hydrogen-bond donors (Lipinski definition) is 0. The third-order valence-corrected chi connectivity index (χ3v) is 3.66. The molecule has 0 saturated carbocycles. The molecule has 2 bridgehead atoms. The fourth-order valence-electron chi connectivity index (χ4n) is 2.91. The van der Waals surface area contributed by atoms with Crippen molar-refractivity contribution in [2.24, 2.45) is 5.92 Å². The highest BCUT2D eigenvalue weighted by molar-refractivity contribution is 5.85. The molecule has 4 heteroatoms. The minimum atomic E-state index is 0. The van der Waals surface area contributed by atoms with Gasteiger partial charge in [-0.3, -0.25) is 9.88 Å². The highest BCUT2D eigenvalue weighted by atomic mass is 35.5. The Bertz CT molecular complexity index is 392. The first-order chi connectivity index (χ1) is 7.34. The zero-order valence-electron chi connectivity index (χ0n) is 9.87. The van der Waals surface area contributed by atoms with Gasteiger partial charge in [-0.05, 0) is 43.0 Å². The van der Waals surface area contributed by atoms with Crippen LogP contribution in [0.25, 0.3) is 5.57 Å². The van der Waals surface area contributed by atoms with Crippen molar-refractivity contribution < 1.29 is 0 Å². The van der Waals surface area contributed by atoms with Gasteiger partial charge in [-0.15, -0.1) is 24.8 Å². The Morgan fingerprint density at radius 3 is 2.88 bits per heavy atom. The van der Waals surface area contributed by atoms with Crippen LogP contribution in [-0.2, 0) is 0 Å². The minimum Gasteiger partial charge on any atom is -0.299 e. The van der Waals surface area contributed by atoms with Gasteiger partial charge in [0.15, 0.2) is 0 Å². The minimum absolute atomic E-state index is 0.